The number of aliphatic hydroxyl groups excluding tert-OH is 1. The van der Waals surface area contributed by atoms with Crippen molar-refractivity contribution in [2.24, 2.45) is 0 Å². The number of nitrogens with zero attached hydrogens (tertiary/aromatic N) is 1. The molecule has 1 aromatic carbocycles. The van der Waals surface area contributed by atoms with Gasteiger partial charge in [0.05, 0.1) is 25.1 Å². The summed E-state index contributed by atoms with van der Waals surface area (Å²) in [6.07, 6.45) is 1.62. The molecular weight excluding hydrogens is 230 g/mol. The summed E-state index contributed by atoms with van der Waals surface area (Å²) in [5, 5.41) is 9.32. The van der Waals surface area contributed by atoms with E-state index in [0.29, 0.717) is 18.1 Å². The van der Waals surface area contributed by atoms with Crippen LogP contribution in [-0.4, -0.2) is 16.3 Å². The first-order chi connectivity index (χ1) is 8.76. The average Bonchev–Trinajstić information content (AvgIpc) is 2.42. The molecule has 0 amide bonds. The predicted octanol–water partition coefficient (Wildman–Crippen LogP) is 1.73. The van der Waals surface area contributed by atoms with E-state index in [1.807, 2.05) is 37.3 Å². The van der Waals surface area contributed by atoms with Gasteiger partial charge in [0.15, 0.2) is 5.75 Å². The Morgan fingerprint density at radius 3 is 2.61 bits per heavy atom. The van der Waals surface area contributed by atoms with Crippen LogP contribution in [0.25, 0.3) is 5.69 Å². The Morgan fingerprint density at radius 1 is 1.28 bits per heavy atom. The van der Waals surface area contributed by atoms with Crippen LogP contribution in [0.4, 0.5) is 0 Å². The minimum absolute atomic E-state index is 0.198. The third-order valence-corrected chi connectivity index (χ3v) is 2.59. The van der Waals surface area contributed by atoms with Crippen molar-refractivity contribution in [2.45, 2.75) is 13.5 Å². The van der Waals surface area contributed by atoms with Crippen LogP contribution in [0.3, 0.4) is 0 Å². The summed E-state index contributed by atoms with van der Waals surface area (Å²) in [5.41, 5.74) is 1.20. The van der Waals surface area contributed by atoms with Crippen molar-refractivity contribution in [3.63, 3.8) is 0 Å². The molecule has 0 aliphatic carbocycles. The van der Waals surface area contributed by atoms with Gasteiger partial charge >= 0.3 is 0 Å². The molecule has 4 heteroatoms. The van der Waals surface area contributed by atoms with E-state index in [1.165, 1.54) is 6.07 Å². The zero-order valence-electron chi connectivity index (χ0n) is 10.2. The lowest BCUT2D eigenvalue weighted by molar-refractivity contribution is 0.272. The molecule has 0 aliphatic rings. The molecule has 0 saturated heterocycles. The Balaban J connectivity index is 2.58. The summed E-state index contributed by atoms with van der Waals surface area (Å²) >= 11 is 0. The number of rotatable bonds is 4. The Morgan fingerprint density at radius 2 is 2.00 bits per heavy atom. The van der Waals surface area contributed by atoms with Crippen molar-refractivity contribution in [3.05, 3.63) is 58.5 Å². The number of aromatic nitrogens is 1. The molecule has 1 heterocycles. The first-order valence-corrected chi connectivity index (χ1v) is 5.81. The van der Waals surface area contributed by atoms with Crippen LogP contribution < -0.4 is 10.2 Å². The van der Waals surface area contributed by atoms with Gasteiger partial charge in [-0.05, 0) is 19.1 Å². The lowest BCUT2D eigenvalue weighted by Gasteiger charge is -2.13. The van der Waals surface area contributed by atoms with E-state index in [-0.39, 0.29) is 12.0 Å². The van der Waals surface area contributed by atoms with E-state index in [2.05, 4.69) is 0 Å². The second kappa shape index (κ2) is 5.51. The molecule has 2 rings (SSSR count). The van der Waals surface area contributed by atoms with Gasteiger partial charge in [-0.2, -0.15) is 0 Å². The fourth-order valence-electron chi connectivity index (χ4n) is 1.77. The number of para-hydroxylation sites is 1. The molecule has 0 spiro atoms. The fourth-order valence-corrected chi connectivity index (χ4v) is 1.77. The second-order valence-electron chi connectivity index (χ2n) is 3.79. The Bertz CT molecular complexity index is 575. The first kappa shape index (κ1) is 12.4. The molecule has 1 aromatic heterocycles. The first-order valence-electron chi connectivity index (χ1n) is 5.81. The zero-order chi connectivity index (χ0) is 13.0. The van der Waals surface area contributed by atoms with Crippen molar-refractivity contribution in [1.82, 2.24) is 4.57 Å². The largest absolute Gasteiger partial charge is 0.488 e. The highest BCUT2D eigenvalue weighted by molar-refractivity contribution is 5.36. The van der Waals surface area contributed by atoms with E-state index >= 15 is 0 Å². The number of benzene rings is 1. The summed E-state index contributed by atoms with van der Waals surface area (Å²) in [7, 11) is 0. The molecule has 0 atom stereocenters. The number of ether oxygens (including phenoxy) is 1. The van der Waals surface area contributed by atoms with Crippen LogP contribution in [-0.2, 0) is 6.61 Å². The number of pyridine rings is 1. The smallest absolute Gasteiger partial charge is 0.223 e. The highest BCUT2D eigenvalue weighted by atomic mass is 16.5. The second-order valence-corrected chi connectivity index (χ2v) is 3.79. The normalized spacial score (nSPS) is 10.3. The summed E-state index contributed by atoms with van der Waals surface area (Å²) in [5.74, 6) is 0.290. The predicted molar refractivity (Wildman–Crippen MR) is 69.1 cm³/mol. The van der Waals surface area contributed by atoms with Crippen molar-refractivity contribution in [1.29, 1.82) is 0 Å². The van der Waals surface area contributed by atoms with Crippen LogP contribution in [0.1, 0.15) is 12.6 Å². The van der Waals surface area contributed by atoms with Crippen molar-refractivity contribution in [2.75, 3.05) is 6.61 Å². The highest BCUT2D eigenvalue weighted by Crippen LogP contribution is 2.14. The third kappa shape index (κ3) is 2.43. The van der Waals surface area contributed by atoms with Crippen molar-refractivity contribution in [3.8, 4) is 11.4 Å². The van der Waals surface area contributed by atoms with E-state index in [4.69, 9.17) is 4.74 Å². The van der Waals surface area contributed by atoms with Crippen molar-refractivity contribution < 1.29 is 9.84 Å². The van der Waals surface area contributed by atoms with Gasteiger partial charge in [-0.15, -0.1) is 0 Å². The molecule has 0 saturated carbocycles. The van der Waals surface area contributed by atoms with Gasteiger partial charge in [-0.1, -0.05) is 18.2 Å². The molecule has 0 bridgehead atoms. The van der Waals surface area contributed by atoms with Crippen LogP contribution in [0.2, 0.25) is 0 Å². The van der Waals surface area contributed by atoms with E-state index < -0.39 is 0 Å². The highest BCUT2D eigenvalue weighted by Gasteiger charge is 2.08. The molecule has 0 aliphatic heterocycles. The van der Waals surface area contributed by atoms with Crippen LogP contribution in [0.5, 0.6) is 5.75 Å². The van der Waals surface area contributed by atoms with E-state index in [9.17, 15) is 9.90 Å². The monoisotopic (exact) mass is 245 g/mol. The molecule has 18 heavy (non-hydrogen) atoms. The zero-order valence-corrected chi connectivity index (χ0v) is 10.2. The van der Waals surface area contributed by atoms with Gasteiger partial charge in [-0.3, -0.25) is 4.79 Å². The molecular formula is C14H15NO3. The van der Waals surface area contributed by atoms with Gasteiger partial charge in [0.25, 0.3) is 0 Å². The Labute approximate surface area is 105 Å². The Hall–Kier alpha value is -2.07. The molecule has 4 nitrogen and oxygen atoms in total. The molecule has 0 fully saturated rings. The van der Waals surface area contributed by atoms with E-state index in [0.717, 1.165) is 5.69 Å². The quantitative estimate of drug-likeness (QED) is 0.892. The standard InChI is InChI=1S/C14H15NO3/c1-2-18-14-9-15(11-6-4-3-5-7-11)12(10-16)8-13(14)17/h3-9,16H,2,10H2,1H3. The summed E-state index contributed by atoms with van der Waals surface area (Å²) in [6.45, 7) is 2.06. The molecule has 2 aromatic rings. The maximum atomic E-state index is 11.7. The fraction of sp³-hybridized carbons (Fsp3) is 0.214. The minimum Gasteiger partial charge on any atom is -0.488 e. The third-order valence-electron chi connectivity index (χ3n) is 2.59. The van der Waals surface area contributed by atoms with E-state index in [1.54, 1.807) is 10.8 Å². The van der Waals surface area contributed by atoms with Crippen LogP contribution in [0, 0.1) is 0 Å². The average molecular weight is 245 g/mol. The maximum absolute atomic E-state index is 11.7. The molecule has 1 N–H and O–H groups in total. The molecule has 0 radical (unpaired) electrons. The number of hydrogen-bond donors (Lipinski definition) is 1. The van der Waals surface area contributed by atoms with Gasteiger partial charge in [-0.25, -0.2) is 0 Å². The lowest BCUT2D eigenvalue weighted by atomic mass is 10.2. The van der Waals surface area contributed by atoms with Gasteiger partial charge in [0.1, 0.15) is 0 Å². The summed E-state index contributed by atoms with van der Waals surface area (Å²) < 4.78 is 7.04. The lowest BCUT2D eigenvalue weighted by Crippen LogP contribution is -2.14. The van der Waals surface area contributed by atoms with Crippen LogP contribution >= 0.6 is 0 Å². The summed E-state index contributed by atoms with van der Waals surface area (Å²) in [6, 6.07) is 10.9. The maximum Gasteiger partial charge on any atom is 0.223 e. The molecule has 94 valence electrons. The van der Waals surface area contributed by atoms with Gasteiger partial charge in [0.2, 0.25) is 5.43 Å². The Kier molecular flexibility index (Phi) is 3.79. The van der Waals surface area contributed by atoms with Gasteiger partial charge in [0, 0.05) is 11.8 Å². The van der Waals surface area contributed by atoms with Crippen molar-refractivity contribution >= 4 is 0 Å². The van der Waals surface area contributed by atoms with Crippen LogP contribution in [0.15, 0.2) is 47.4 Å². The SMILES string of the molecule is CCOc1cn(-c2ccccc2)c(CO)cc1=O. The number of aliphatic hydroxyl groups is 1. The molecule has 0 unspecified atom stereocenters. The minimum atomic E-state index is -0.215. The van der Waals surface area contributed by atoms with Gasteiger partial charge < -0.3 is 14.4 Å². The topological polar surface area (TPSA) is 51.5 Å². The summed E-state index contributed by atoms with van der Waals surface area (Å²) in [4.78, 5) is 11.7. The number of hydrogen-bond acceptors (Lipinski definition) is 3.